The van der Waals surface area contributed by atoms with Gasteiger partial charge < -0.3 is 13.9 Å². The normalized spacial score (nSPS) is 15.5. The molecule has 0 saturated carbocycles. The number of nitrogens with zero attached hydrogens (tertiary/aromatic N) is 5. The van der Waals surface area contributed by atoms with Gasteiger partial charge in [0.25, 0.3) is 5.56 Å². The van der Waals surface area contributed by atoms with Crippen LogP contribution in [0.5, 0.6) is 0 Å². The number of rotatable bonds is 5. The first kappa shape index (κ1) is 21.5. The lowest BCUT2D eigenvalue weighted by atomic mass is 10.2. The van der Waals surface area contributed by atoms with Crippen LogP contribution in [0.1, 0.15) is 12.0 Å². The number of hydrogen-bond donors (Lipinski definition) is 0. The standard InChI is InChI=1S/C24H24F3N5O/c25-24(26,27)18-8-9-22(28-17-18)30-15-13-29(14-16-30)10-4-12-32-20-6-2-1-5-19(20)31-11-3-7-21(31)23(32)33/h1-3,5-9,11,17H,4,10,12-16H2. The van der Waals surface area contributed by atoms with Crippen LogP contribution < -0.4 is 10.5 Å². The van der Waals surface area contributed by atoms with E-state index >= 15 is 0 Å². The zero-order chi connectivity index (χ0) is 23.0. The quantitative estimate of drug-likeness (QED) is 0.458. The summed E-state index contributed by atoms with van der Waals surface area (Å²) in [6, 6.07) is 14.2. The number of para-hydroxylation sites is 2. The lowest BCUT2D eigenvalue weighted by Gasteiger charge is -2.35. The van der Waals surface area contributed by atoms with Gasteiger partial charge in [-0.2, -0.15) is 13.2 Å². The summed E-state index contributed by atoms with van der Waals surface area (Å²) in [7, 11) is 0. The van der Waals surface area contributed by atoms with E-state index < -0.39 is 11.7 Å². The molecule has 1 fully saturated rings. The summed E-state index contributed by atoms with van der Waals surface area (Å²) in [6.07, 6.45) is -0.733. The van der Waals surface area contributed by atoms with Crippen LogP contribution in [0.4, 0.5) is 19.0 Å². The molecule has 33 heavy (non-hydrogen) atoms. The Hall–Kier alpha value is -3.33. The Morgan fingerprint density at radius 2 is 1.58 bits per heavy atom. The maximum atomic E-state index is 13.0. The van der Waals surface area contributed by atoms with Gasteiger partial charge in [-0.25, -0.2) is 4.98 Å². The second kappa shape index (κ2) is 8.55. The SMILES string of the molecule is O=c1c2cccn2c2ccccc2n1CCCN1CCN(c2ccc(C(F)(F)F)cn2)CC1. The van der Waals surface area contributed by atoms with Crippen molar-refractivity contribution in [1.82, 2.24) is 18.9 Å². The maximum Gasteiger partial charge on any atom is 0.417 e. The van der Waals surface area contributed by atoms with Gasteiger partial charge in [0.2, 0.25) is 0 Å². The molecule has 0 spiro atoms. The van der Waals surface area contributed by atoms with E-state index in [4.69, 9.17) is 0 Å². The summed E-state index contributed by atoms with van der Waals surface area (Å²) in [4.78, 5) is 21.4. The molecule has 5 rings (SSSR count). The Kier molecular flexibility index (Phi) is 5.57. The molecular weight excluding hydrogens is 431 g/mol. The van der Waals surface area contributed by atoms with Crippen molar-refractivity contribution in [2.24, 2.45) is 0 Å². The van der Waals surface area contributed by atoms with E-state index in [-0.39, 0.29) is 5.56 Å². The molecule has 0 bridgehead atoms. The van der Waals surface area contributed by atoms with Crippen molar-refractivity contribution < 1.29 is 13.2 Å². The number of halogens is 3. The minimum Gasteiger partial charge on any atom is -0.354 e. The average Bonchev–Trinajstić information content (AvgIpc) is 3.32. The van der Waals surface area contributed by atoms with Crippen molar-refractivity contribution >= 4 is 22.4 Å². The molecule has 3 aromatic heterocycles. The predicted octanol–water partition coefficient (Wildman–Crippen LogP) is 3.88. The fraction of sp³-hybridized carbons (Fsp3) is 0.333. The highest BCUT2D eigenvalue weighted by atomic mass is 19.4. The van der Waals surface area contributed by atoms with Crippen LogP contribution in [0.3, 0.4) is 0 Å². The molecule has 9 heteroatoms. The van der Waals surface area contributed by atoms with E-state index in [2.05, 4.69) is 9.88 Å². The number of anilines is 1. The van der Waals surface area contributed by atoms with Crippen LogP contribution in [0.15, 0.2) is 65.7 Å². The van der Waals surface area contributed by atoms with Gasteiger partial charge in [-0.3, -0.25) is 9.69 Å². The Labute approximate surface area is 188 Å². The molecule has 0 amide bonds. The molecule has 1 aliphatic heterocycles. The third kappa shape index (κ3) is 4.20. The molecular formula is C24H24F3N5O. The molecule has 1 aromatic carbocycles. The van der Waals surface area contributed by atoms with Crippen LogP contribution in [0.2, 0.25) is 0 Å². The summed E-state index contributed by atoms with van der Waals surface area (Å²) in [5.74, 6) is 0.571. The minimum atomic E-state index is -4.37. The molecule has 0 aliphatic carbocycles. The van der Waals surface area contributed by atoms with E-state index in [9.17, 15) is 18.0 Å². The molecule has 4 heterocycles. The fourth-order valence-corrected chi connectivity index (χ4v) is 4.52. The fourth-order valence-electron chi connectivity index (χ4n) is 4.52. The summed E-state index contributed by atoms with van der Waals surface area (Å²) >= 11 is 0. The Morgan fingerprint density at radius 1 is 0.848 bits per heavy atom. The molecule has 0 radical (unpaired) electrons. The zero-order valence-electron chi connectivity index (χ0n) is 18.0. The van der Waals surface area contributed by atoms with Gasteiger partial charge in [0.05, 0.1) is 16.6 Å². The van der Waals surface area contributed by atoms with Crippen molar-refractivity contribution in [2.45, 2.75) is 19.1 Å². The van der Waals surface area contributed by atoms with E-state index in [0.717, 1.165) is 49.4 Å². The number of aryl methyl sites for hydroxylation is 1. The van der Waals surface area contributed by atoms with Crippen molar-refractivity contribution in [2.75, 3.05) is 37.6 Å². The molecule has 6 nitrogen and oxygen atoms in total. The highest BCUT2D eigenvalue weighted by Gasteiger charge is 2.31. The first-order valence-electron chi connectivity index (χ1n) is 11.0. The van der Waals surface area contributed by atoms with Crippen molar-refractivity contribution in [1.29, 1.82) is 0 Å². The Bertz CT molecular complexity index is 1320. The number of alkyl halides is 3. The highest BCUT2D eigenvalue weighted by molar-refractivity contribution is 5.79. The number of fused-ring (bicyclic) bond motifs is 3. The zero-order valence-corrected chi connectivity index (χ0v) is 18.0. The summed E-state index contributed by atoms with van der Waals surface area (Å²) < 4.78 is 42.0. The number of piperazine rings is 1. The van der Waals surface area contributed by atoms with Gasteiger partial charge in [-0.1, -0.05) is 12.1 Å². The Balaban J connectivity index is 1.20. The monoisotopic (exact) mass is 455 g/mol. The van der Waals surface area contributed by atoms with E-state index in [1.807, 2.05) is 56.5 Å². The number of hydrogen-bond acceptors (Lipinski definition) is 4. The second-order valence-corrected chi connectivity index (χ2v) is 8.29. The van der Waals surface area contributed by atoms with E-state index in [1.54, 1.807) is 0 Å². The molecule has 4 aromatic rings. The topological polar surface area (TPSA) is 45.8 Å². The van der Waals surface area contributed by atoms with Crippen LogP contribution in [-0.2, 0) is 12.7 Å². The minimum absolute atomic E-state index is 0.0110. The van der Waals surface area contributed by atoms with Gasteiger partial charge in [0.15, 0.2) is 0 Å². The third-order valence-electron chi connectivity index (χ3n) is 6.27. The number of pyridine rings is 1. The average molecular weight is 455 g/mol. The lowest BCUT2D eigenvalue weighted by Crippen LogP contribution is -2.47. The Morgan fingerprint density at radius 3 is 2.27 bits per heavy atom. The van der Waals surface area contributed by atoms with Gasteiger partial charge >= 0.3 is 6.18 Å². The lowest BCUT2D eigenvalue weighted by molar-refractivity contribution is -0.137. The van der Waals surface area contributed by atoms with Crippen LogP contribution in [-0.4, -0.2) is 51.6 Å². The summed E-state index contributed by atoms with van der Waals surface area (Å²) in [5, 5.41) is 0. The smallest absolute Gasteiger partial charge is 0.354 e. The summed E-state index contributed by atoms with van der Waals surface area (Å²) in [6.45, 7) is 4.49. The van der Waals surface area contributed by atoms with Crippen LogP contribution in [0, 0.1) is 0 Å². The van der Waals surface area contributed by atoms with Crippen molar-refractivity contribution in [3.8, 4) is 0 Å². The molecule has 0 atom stereocenters. The van der Waals surface area contributed by atoms with Crippen molar-refractivity contribution in [3.05, 3.63) is 76.8 Å². The van der Waals surface area contributed by atoms with Gasteiger partial charge in [0.1, 0.15) is 11.3 Å². The predicted molar refractivity (Wildman–Crippen MR) is 122 cm³/mol. The first-order chi connectivity index (χ1) is 15.9. The largest absolute Gasteiger partial charge is 0.417 e. The maximum absolute atomic E-state index is 13.0. The molecule has 0 unspecified atom stereocenters. The highest BCUT2D eigenvalue weighted by Crippen LogP contribution is 2.29. The molecule has 1 saturated heterocycles. The van der Waals surface area contributed by atoms with Gasteiger partial charge in [-0.15, -0.1) is 0 Å². The van der Waals surface area contributed by atoms with Gasteiger partial charge in [0, 0.05) is 45.1 Å². The van der Waals surface area contributed by atoms with Crippen molar-refractivity contribution in [3.63, 3.8) is 0 Å². The van der Waals surface area contributed by atoms with Crippen LogP contribution >= 0.6 is 0 Å². The van der Waals surface area contributed by atoms with Gasteiger partial charge in [-0.05, 0) is 49.4 Å². The van der Waals surface area contributed by atoms with E-state index in [0.29, 0.717) is 31.0 Å². The first-order valence-corrected chi connectivity index (χ1v) is 11.0. The molecule has 0 N–H and O–H groups in total. The second-order valence-electron chi connectivity index (χ2n) is 8.29. The number of benzene rings is 1. The molecule has 172 valence electrons. The molecule has 1 aliphatic rings. The summed E-state index contributed by atoms with van der Waals surface area (Å²) in [5.41, 5.74) is 1.88. The third-order valence-corrected chi connectivity index (χ3v) is 6.27. The van der Waals surface area contributed by atoms with E-state index in [1.165, 1.54) is 6.07 Å². The van der Waals surface area contributed by atoms with Crippen LogP contribution in [0.25, 0.3) is 16.6 Å². The number of aromatic nitrogens is 3.